The van der Waals surface area contributed by atoms with E-state index in [-0.39, 0.29) is 11.6 Å². The Labute approximate surface area is 89.8 Å². The average molecular weight is 207 g/mol. The minimum atomic E-state index is -0.301. The third kappa shape index (κ3) is 1.35. The van der Waals surface area contributed by atoms with Crippen molar-refractivity contribution in [1.82, 2.24) is 4.90 Å². The summed E-state index contributed by atoms with van der Waals surface area (Å²) in [6.07, 6.45) is 4.71. The highest BCUT2D eigenvalue weighted by molar-refractivity contribution is 6.06. The highest BCUT2D eigenvalue weighted by atomic mass is 16.2. The molecule has 0 aromatic rings. The first-order valence-electron chi connectivity index (χ1n) is 5.37. The van der Waals surface area contributed by atoms with Crippen molar-refractivity contribution in [2.75, 3.05) is 6.54 Å². The Kier molecular flexibility index (Phi) is 2.29. The van der Waals surface area contributed by atoms with Crippen LogP contribution >= 0.6 is 0 Å². The van der Waals surface area contributed by atoms with Gasteiger partial charge in [0.1, 0.15) is 11.4 Å². The number of amidine groups is 1. The number of nitrogens with zero attached hydrogens (tertiary/aromatic N) is 2. The van der Waals surface area contributed by atoms with Crippen molar-refractivity contribution in [3.05, 3.63) is 12.7 Å². The summed E-state index contributed by atoms with van der Waals surface area (Å²) < 4.78 is 0. The van der Waals surface area contributed by atoms with Crippen LogP contribution in [0.15, 0.2) is 17.6 Å². The van der Waals surface area contributed by atoms with Crippen LogP contribution in [0, 0.1) is 5.92 Å². The van der Waals surface area contributed by atoms with Gasteiger partial charge in [0.2, 0.25) is 0 Å². The molecule has 2 unspecified atom stereocenters. The zero-order chi connectivity index (χ0) is 11.1. The van der Waals surface area contributed by atoms with Crippen LogP contribution < -0.4 is 5.73 Å². The van der Waals surface area contributed by atoms with Gasteiger partial charge in [-0.15, -0.1) is 6.58 Å². The molecule has 1 saturated carbocycles. The molecule has 2 N–H and O–H groups in total. The summed E-state index contributed by atoms with van der Waals surface area (Å²) in [5.74, 6) is 1.11. The fourth-order valence-electron chi connectivity index (χ4n) is 2.71. The van der Waals surface area contributed by atoms with Crippen LogP contribution in [-0.4, -0.2) is 28.9 Å². The zero-order valence-electron chi connectivity index (χ0n) is 9.07. The van der Waals surface area contributed by atoms with Crippen LogP contribution in [0.25, 0.3) is 0 Å². The van der Waals surface area contributed by atoms with Gasteiger partial charge < -0.3 is 10.6 Å². The lowest BCUT2D eigenvalue weighted by Gasteiger charge is -2.33. The fraction of sp³-hybridized carbons (Fsp3) is 0.636. The second kappa shape index (κ2) is 3.36. The Morgan fingerprint density at radius 1 is 1.80 bits per heavy atom. The molecule has 0 aromatic carbocycles. The number of carbonyl (C=O) groups is 1. The lowest BCUT2D eigenvalue weighted by molar-refractivity contribution is 0.180. The monoisotopic (exact) mass is 207 g/mol. The summed E-state index contributed by atoms with van der Waals surface area (Å²) in [4.78, 5) is 17.3. The first-order valence-corrected chi connectivity index (χ1v) is 5.37. The molecular formula is C11H17N3O. The normalized spacial score (nSPS) is 35.0. The van der Waals surface area contributed by atoms with Crippen molar-refractivity contribution in [2.45, 2.75) is 31.7 Å². The van der Waals surface area contributed by atoms with E-state index in [0.717, 1.165) is 19.3 Å². The Bertz CT molecular complexity index is 337. The molecular weight excluding hydrogens is 190 g/mol. The van der Waals surface area contributed by atoms with Gasteiger partial charge in [0.15, 0.2) is 0 Å². The largest absolute Gasteiger partial charge is 0.385 e. The second-order valence-corrected chi connectivity index (χ2v) is 4.56. The van der Waals surface area contributed by atoms with Gasteiger partial charge in [0.25, 0.3) is 0 Å². The van der Waals surface area contributed by atoms with Gasteiger partial charge in [-0.1, -0.05) is 13.0 Å². The van der Waals surface area contributed by atoms with Crippen molar-refractivity contribution in [3.8, 4) is 0 Å². The van der Waals surface area contributed by atoms with E-state index >= 15 is 0 Å². The molecule has 2 atom stereocenters. The van der Waals surface area contributed by atoms with E-state index in [4.69, 9.17) is 5.73 Å². The van der Waals surface area contributed by atoms with Crippen molar-refractivity contribution in [3.63, 3.8) is 0 Å². The summed E-state index contributed by atoms with van der Waals surface area (Å²) in [5.41, 5.74) is 5.60. The summed E-state index contributed by atoms with van der Waals surface area (Å²) in [5, 5.41) is 0. The molecule has 0 aromatic heterocycles. The maximum Gasteiger partial charge on any atom is 0.346 e. The standard InChI is InChI=1S/C11H17N3O/c1-3-6-14-10(15)13-9(12)11(14)5-4-8(2)7-11/h3,8H,1,4-7H2,2H3,(H2,12,13,15). The van der Waals surface area contributed by atoms with Crippen LogP contribution in [-0.2, 0) is 0 Å². The Morgan fingerprint density at radius 2 is 2.53 bits per heavy atom. The molecule has 0 saturated heterocycles. The number of nitrogens with two attached hydrogens (primary N) is 1. The number of hydrogen-bond acceptors (Lipinski definition) is 2. The summed E-state index contributed by atoms with van der Waals surface area (Å²) >= 11 is 0. The van der Waals surface area contributed by atoms with Crippen LogP contribution in [0.5, 0.6) is 0 Å². The van der Waals surface area contributed by atoms with Gasteiger partial charge in [-0.3, -0.25) is 0 Å². The molecule has 1 fully saturated rings. The summed E-state index contributed by atoms with van der Waals surface area (Å²) in [6, 6.07) is -0.207. The topological polar surface area (TPSA) is 58.7 Å². The Balaban J connectivity index is 2.31. The molecule has 2 amide bonds. The van der Waals surface area contributed by atoms with Crippen LogP contribution in [0.3, 0.4) is 0 Å². The van der Waals surface area contributed by atoms with Gasteiger partial charge in [0, 0.05) is 6.54 Å². The minimum absolute atomic E-state index is 0.207. The lowest BCUT2D eigenvalue weighted by atomic mass is 9.94. The highest BCUT2D eigenvalue weighted by Gasteiger charge is 2.51. The number of amides is 2. The summed E-state index contributed by atoms with van der Waals surface area (Å²) in [7, 11) is 0. The lowest BCUT2D eigenvalue weighted by Crippen LogP contribution is -2.52. The third-order valence-electron chi connectivity index (χ3n) is 3.49. The van der Waals surface area contributed by atoms with Crippen LogP contribution in [0.2, 0.25) is 0 Å². The predicted molar refractivity (Wildman–Crippen MR) is 59.7 cm³/mol. The zero-order valence-corrected chi connectivity index (χ0v) is 9.07. The van der Waals surface area contributed by atoms with E-state index in [1.54, 1.807) is 11.0 Å². The van der Waals surface area contributed by atoms with Gasteiger partial charge in [0.05, 0.1) is 0 Å². The van der Waals surface area contributed by atoms with Gasteiger partial charge in [-0.25, -0.2) is 4.79 Å². The maximum absolute atomic E-state index is 11.7. The van der Waals surface area contributed by atoms with Crippen LogP contribution in [0.4, 0.5) is 4.79 Å². The first-order chi connectivity index (χ1) is 7.10. The number of carbonyl (C=O) groups excluding carboxylic acids is 1. The molecule has 82 valence electrons. The number of hydrogen-bond donors (Lipinski definition) is 1. The first kappa shape index (κ1) is 10.2. The second-order valence-electron chi connectivity index (χ2n) is 4.56. The Morgan fingerprint density at radius 3 is 3.07 bits per heavy atom. The smallest absolute Gasteiger partial charge is 0.346 e. The third-order valence-corrected chi connectivity index (χ3v) is 3.49. The molecule has 2 rings (SSSR count). The maximum atomic E-state index is 11.7. The van der Waals surface area contributed by atoms with Crippen molar-refractivity contribution in [1.29, 1.82) is 0 Å². The van der Waals surface area contributed by atoms with E-state index < -0.39 is 0 Å². The number of rotatable bonds is 2. The highest BCUT2D eigenvalue weighted by Crippen LogP contribution is 2.41. The van der Waals surface area contributed by atoms with Crippen molar-refractivity contribution >= 4 is 11.9 Å². The van der Waals surface area contributed by atoms with E-state index in [1.807, 2.05) is 0 Å². The van der Waals surface area contributed by atoms with Crippen LogP contribution in [0.1, 0.15) is 26.2 Å². The van der Waals surface area contributed by atoms with Gasteiger partial charge >= 0.3 is 6.03 Å². The molecule has 2 aliphatic rings. The molecule has 1 aliphatic heterocycles. The average Bonchev–Trinajstić information content (AvgIpc) is 2.65. The van der Waals surface area contributed by atoms with Gasteiger partial charge in [-0.2, -0.15) is 4.99 Å². The molecule has 15 heavy (non-hydrogen) atoms. The number of urea groups is 1. The van der Waals surface area contributed by atoms with Gasteiger partial charge in [-0.05, 0) is 25.2 Å². The molecule has 1 spiro atoms. The van der Waals surface area contributed by atoms with E-state index in [0.29, 0.717) is 18.3 Å². The van der Waals surface area contributed by atoms with E-state index in [2.05, 4.69) is 18.5 Å². The minimum Gasteiger partial charge on any atom is -0.385 e. The molecule has 0 bridgehead atoms. The summed E-state index contributed by atoms with van der Waals surface area (Å²) in [6.45, 7) is 6.40. The molecule has 1 aliphatic carbocycles. The van der Waals surface area contributed by atoms with E-state index in [9.17, 15) is 4.79 Å². The fourth-order valence-corrected chi connectivity index (χ4v) is 2.71. The molecule has 4 nitrogen and oxygen atoms in total. The number of aliphatic imine (C=N–C) groups is 1. The van der Waals surface area contributed by atoms with Crippen molar-refractivity contribution < 1.29 is 4.79 Å². The van der Waals surface area contributed by atoms with Crippen molar-refractivity contribution in [2.24, 2.45) is 16.6 Å². The molecule has 1 heterocycles. The molecule has 0 radical (unpaired) electrons. The predicted octanol–water partition coefficient (Wildman–Crippen LogP) is 1.52. The molecule has 4 heteroatoms. The quantitative estimate of drug-likeness (QED) is 0.698. The Hall–Kier alpha value is -1.32. The SMILES string of the molecule is C=CCN1C(=O)N=C(N)C12CCC(C)C2. The van der Waals surface area contributed by atoms with E-state index in [1.165, 1.54) is 0 Å².